The van der Waals surface area contributed by atoms with Crippen LogP contribution >= 0.6 is 0 Å². The van der Waals surface area contributed by atoms with E-state index in [0.29, 0.717) is 12.1 Å². The fourth-order valence-corrected chi connectivity index (χ4v) is 7.09. The molecule has 0 aromatic heterocycles. The van der Waals surface area contributed by atoms with Gasteiger partial charge in [-0.15, -0.1) is 0 Å². The Morgan fingerprint density at radius 3 is 2.21 bits per heavy atom. The van der Waals surface area contributed by atoms with Crippen molar-refractivity contribution in [3.8, 4) is 11.1 Å². The lowest BCUT2D eigenvalue weighted by Gasteiger charge is -2.43. The first kappa shape index (κ1) is 35.3. The van der Waals surface area contributed by atoms with Crippen molar-refractivity contribution in [1.29, 1.82) is 0 Å². The molecule has 6 aromatic rings. The molecule has 7 rings (SSSR count). The van der Waals surface area contributed by atoms with E-state index in [1.807, 2.05) is 60.7 Å². The number of benzene rings is 6. The van der Waals surface area contributed by atoms with Crippen LogP contribution in [-0.2, 0) is 22.6 Å². The third kappa shape index (κ3) is 8.01. The number of hydrogen-bond acceptors (Lipinski definition) is 5. The number of carbonyl (C=O) groups excluding carboxylic acids is 1. The normalized spacial score (nSPS) is 19.4. The maximum atomic E-state index is 12.7. The van der Waals surface area contributed by atoms with Crippen molar-refractivity contribution >= 4 is 16.7 Å². The predicted molar refractivity (Wildman–Crippen MR) is 207 cm³/mol. The van der Waals surface area contributed by atoms with Crippen molar-refractivity contribution in [2.75, 3.05) is 13.6 Å². The summed E-state index contributed by atoms with van der Waals surface area (Å²) in [5.74, 6) is -0.0327. The second kappa shape index (κ2) is 16.1. The number of hydrogen-bond donors (Lipinski definition) is 2. The van der Waals surface area contributed by atoms with Gasteiger partial charge in [0.1, 0.15) is 0 Å². The zero-order valence-electron chi connectivity index (χ0n) is 30.0. The molecular weight excluding hydrogens is 645 g/mol. The van der Waals surface area contributed by atoms with E-state index in [-0.39, 0.29) is 36.7 Å². The molecule has 6 aromatic carbocycles. The van der Waals surface area contributed by atoms with Gasteiger partial charge in [-0.3, -0.25) is 9.69 Å². The minimum absolute atomic E-state index is 0.000558. The van der Waals surface area contributed by atoms with Gasteiger partial charge in [-0.05, 0) is 88.5 Å². The van der Waals surface area contributed by atoms with Crippen LogP contribution in [0.5, 0.6) is 0 Å². The summed E-state index contributed by atoms with van der Waals surface area (Å²) in [6.45, 7) is 5.61. The average Bonchev–Trinajstić information content (AvgIpc) is 3.20. The molecule has 5 atom stereocenters. The highest BCUT2D eigenvalue weighted by Gasteiger charge is 2.39. The number of carbonyl (C=O) groups is 1. The minimum Gasteiger partial charge on any atom is -0.392 e. The topological polar surface area (TPSA) is 71.0 Å². The van der Waals surface area contributed by atoms with Crippen LogP contribution in [-0.4, -0.2) is 35.6 Å². The molecule has 5 unspecified atom stereocenters. The molecule has 264 valence electrons. The number of fused-ring (bicyclic) bond motifs is 1. The van der Waals surface area contributed by atoms with Crippen LogP contribution in [0.4, 0.5) is 0 Å². The maximum absolute atomic E-state index is 12.7. The number of amides is 1. The fourth-order valence-electron chi connectivity index (χ4n) is 7.09. The third-order valence-electron chi connectivity index (χ3n) is 10.4. The zero-order chi connectivity index (χ0) is 36.0. The highest BCUT2D eigenvalue weighted by Crippen LogP contribution is 2.43. The van der Waals surface area contributed by atoms with E-state index < -0.39 is 6.29 Å². The number of nitrogens with zero attached hydrogens (tertiary/aromatic N) is 1. The number of aliphatic hydroxyl groups is 1. The first-order valence-corrected chi connectivity index (χ1v) is 18.1. The van der Waals surface area contributed by atoms with Crippen molar-refractivity contribution in [2.24, 2.45) is 5.92 Å². The van der Waals surface area contributed by atoms with Gasteiger partial charge in [-0.25, -0.2) is 0 Å². The van der Waals surface area contributed by atoms with Gasteiger partial charge in [-0.1, -0.05) is 122 Å². The van der Waals surface area contributed by atoms with E-state index in [1.165, 1.54) is 16.3 Å². The van der Waals surface area contributed by atoms with E-state index in [2.05, 4.69) is 116 Å². The van der Waals surface area contributed by atoms with Crippen molar-refractivity contribution in [3.63, 3.8) is 0 Å². The molecule has 1 aliphatic rings. The molecule has 1 fully saturated rings. The first-order chi connectivity index (χ1) is 25.4. The van der Waals surface area contributed by atoms with Crippen LogP contribution < -0.4 is 5.32 Å². The third-order valence-corrected chi connectivity index (χ3v) is 10.4. The van der Waals surface area contributed by atoms with E-state index in [4.69, 9.17) is 9.47 Å². The van der Waals surface area contributed by atoms with Crippen molar-refractivity contribution < 1.29 is 19.4 Å². The maximum Gasteiger partial charge on any atom is 0.251 e. The minimum atomic E-state index is -0.582. The molecule has 52 heavy (non-hydrogen) atoms. The molecule has 1 heterocycles. The summed E-state index contributed by atoms with van der Waals surface area (Å²) in [6.07, 6.45) is -0.906. The monoisotopic (exact) mass is 690 g/mol. The molecule has 1 saturated heterocycles. The number of nitrogens with one attached hydrogen (secondary N) is 1. The highest BCUT2D eigenvalue weighted by molar-refractivity contribution is 5.94. The Morgan fingerprint density at radius 2 is 1.44 bits per heavy atom. The van der Waals surface area contributed by atoms with Crippen LogP contribution in [0.25, 0.3) is 21.9 Å². The van der Waals surface area contributed by atoms with Gasteiger partial charge >= 0.3 is 0 Å². The lowest BCUT2D eigenvalue weighted by atomic mass is 9.89. The first-order valence-electron chi connectivity index (χ1n) is 18.1. The zero-order valence-corrected chi connectivity index (χ0v) is 30.0. The van der Waals surface area contributed by atoms with Crippen LogP contribution in [0.2, 0.25) is 0 Å². The number of ether oxygens (including phenoxy) is 2. The summed E-state index contributed by atoms with van der Waals surface area (Å²) < 4.78 is 13.7. The molecule has 2 N–H and O–H groups in total. The van der Waals surface area contributed by atoms with Gasteiger partial charge in [0.25, 0.3) is 5.91 Å². The van der Waals surface area contributed by atoms with Gasteiger partial charge in [0.05, 0.1) is 18.8 Å². The standard InChI is InChI=1S/C46H46N2O4/c1-31-43(29-48(3)32(2)38-24-23-35-12-7-8-15-40(35)26-38)51-46(52-44(31)36-21-19-33(30-49)20-22-36)42-18-10-17-41(27-42)39-16-9-11-34(25-39)28-47-45(50)37-13-5-4-6-14-37/h4-27,31-32,43-44,46,49H,28-30H2,1-3H3,(H,47,50). The van der Waals surface area contributed by atoms with E-state index in [9.17, 15) is 9.90 Å². The van der Waals surface area contributed by atoms with E-state index >= 15 is 0 Å². The quantitative estimate of drug-likeness (QED) is 0.142. The summed E-state index contributed by atoms with van der Waals surface area (Å²) in [5.41, 5.74) is 7.90. The molecule has 1 amide bonds. The van der Waals surface area contributed by atoms with Gasteiger partial charge in [0.2, 0.25) is 0 Å². The molecule has 0 bridgehead atoms. The van der Waals surface area contributed by atoms with Gasteiger partial charge < -0.3 is 19.9 Å². The van der Waals surface area contributed by atoms with Crippen LogP contribution in [0.1, 0.15) is 70.5 Å². The highest BCUT2D eigenvalue weighted by atomic mass is 16.7. The SMILES string of the molecule is CC1C(CN(C)C(C)c2ccc3ccccc3c2)OC(c2cccc(-c3cccc(CNC(=O)c4ccccc4)c3)c2)OC1c1ccc(CO)cc1. The molecular formula is C46H46N2O4. The smallest absolute Gasteiger partial charge is 0.251 e. The van der Waals surface area contributed by atoms with Crippen molar-refractivity contribution in [1.82, 2.24) is 10.2 Å². The average molecular weight is 691 g/mol. The Morgan fingerprint density at radius 1 is 0.731 bits per heavy atom. The summed E-state index contributed by atoms with van der Waals surface area (Å²) >= 11 is 0. The Bertz CT molecular complexity index is 2120. The Balaban J connectivity index is 1.12. The van der Waals surface area contributed by atoms with Gasteiger partial charge in [-0.2, -0.15) is 0 Å². The van der Waals surface area contributed by atoms with Gasteiger partial charge in [0, 0.05) is 36.2 Å². The second-order valence-corrected chi connectivity index (χ2v) is 13.9. The largest absolute Gasteiger partial charge is 0.392 e. The molecule has 0 spiro atoms. The number of likely N-dealkylation sites (N-methyl/N-ethyl adjacent to an activating group) is 1. The Hall–Kier alpha value is -5.11. The summed E-state index contributed by atoms with van der Waals surface area (Å²) in [7, 11) is 2.17. The fraction of sp³-hybridized carbons (Fsp3) is 0.239. The molecule has 6 nitrogen and oxygen atoms in total. The summed E-state index contributed by atoms with van der Waals surface area (Å²) in [5, 5.41) is 15.2. The number of rotatable bonds is 11. The summed E-state index contributed by atoms with van der Waals surface area (Å²) in [6, 6.07) is 49.3. The van der Waals surface area contributed by atoms with Crippen LogP contribution in [0.3, 0.4) is 0 Å². The molecule has 0 radical (unpaired) electrons. The predicted octanol–water partition coefficient (Wildman–Crippen LogP) is 9.41. The second-order valence-electron chi connectivity index (χ2n) is 13.9. The van der Waals surface area contributed by atoms with Gasteiger partial charge in [0.15, 0.2) is 6.29 Å². The van der Waals surface area contributed by atoms with Crippen LogP contribution in [0.15, 0.2) is 146 Å². The molecule has 1 aliphatic heterocycles. The number of aliphatic hydroxyl groups excluding tert-OH is 1. The van der Waals surface area contributed by atoms with Crippen molar-refractivity contribution in [3.05, 3.63) is 179 Å². The Labute approximate surface area is 306 Å². The molecule has 0 aliphatic carbocycles. The van der Waals surface area contributed by atoms with E-state index in [1.54, 1.807) is 0 Å². The Kier molecular flexibility index (Phi) is 10.9. The lowest BCUT2D eigenvalue weighted by molar-refractivity contribution is -0.276. The van der Waals surface area contributed by atoms with E-state index in [0.717, 1.165) is 39.9 Å². The lowest BCUT2D eigenvalue weighted by Crippen LogP contribution is -2.44. The molecule has 0 saturated carbocycles. The molecule has 6 heteroatoms. The van der Waals surface area contributed by atoms with Crippen molar-refractivity contribution in [2.45, 2.75) is 51.5 Å². The van der Waals surface area contributed by atoms with Crippen LogP contribution in [0, 0.1) is 5.92 Å². The summed E-state index contributed by atoms with van der Waals surface area (Å²) in [4.78, 5) is 15.0.